The first-order valence-corrected chi connectivity index (χ1v) is 11.3. The third-order valence-electron chi connectivity index (χ3n) is 6.55. The fourth-order valence-corrected chi connectivity index (χ4v) is 4.87. The molecular weight excluding hydrogens is 412 g/mol. The van der Waals surface area contributed by atoms with Crippen molar-refractivity contribution in [3.05, 3.63) is 53.2 Å². The normalized spacial score (nSPS) is 19.2. The van der Waals surface area contributed by atoms with E-state index in [1.807, 2.05) is 51.9 Å². The van der Waals surface area contributed by atoms with Crippen LogP contribution in [0.15, 0.2) is 42.6 Å². The van der Waals surface area contributed by atoms with Crippen LogP contribution in [-0.2, 0) is 0 Å². The second-order valence-electron chi connectivity index (χ2n) is 8.54. The third-order valence-corrected chi connectivity index (χ3v) is 6.78. The van der Waals surface area contributed by atoms with Crippen LogP contribution in [0.3, 0.4) is 0 Å². The quantitative estimate of drug-likeness (QED) is 0.629. The lowest BCUT2D eigenvalue weighted by Crippen LogP contribution is -2.54. The van der Waals surface area contributed by atoms with Crippen LogP contribution in [0.1, 0.15) is 23.2 Å². The van der Waals surface area contributed by atoms with Crippen LogP contribution >= 0.6 is 11.6 Å². The number of carbonyl (C=O) groups excluding carboxylic acids is 1. The Kier molecular flexibility index (Phi) is 5.65. The molecule has 0 atom stereocenters. The Morgan fingerprint density at radius 3 is 2.52 bits per heavy atom. The van der Waals surface area contributed by atoms with E-state index < -0.39 is 0 Å². The number of pyridine rings is 1. The third kappa shape index (κ3) is 4.18. The van der Waals surface area contributed by atoms with Crippen molar-refractivity contribution in [2.75, 3.05) is 46.3 Å². The van der Waals surface area contributed by atoms with Crippen LogP contribution in [0.25, 0.3) is 17.0 Å². The lowest BCUT2D eigenvalue weighted by molar-refractivity contribution is 0.0475. The number of piperidine rings is 1. The molecule has 8 heteroatoms. The van der Waals surface area contributed by atoms with Gasteiger partial charge < -0.3 is 9.80 Å². The summed E-state index contributed by atoms with van der Waals surface area (Å²) in [7, 11) is 2.19. The number of piperazine rings is 1. The van der Waals surface area contributed by atoms with Crippen molar-refractivity contribution in [2.45, 2.75) is 18.9 Å². The summed E-state index contributed by atoms with van der Waals surface area (Å²) in [6.07, 6.45) is 4.32. The first-order chi connectivity index (χ1) is 15.1. The van der Waals surface area contributed by atoms with Crippen molar-refractivity contribution in [1.82, 2.24) is 29.3 Å². The monoisotopic (exact) mass is 438 g/mol. The molecule has 2 aliphatic rings. The van der Waals surface area contributed by atoms with Crippen molar-refractivity contribution in [1.29, 1.82) is 0 Å². The fraction of sp³-hybridized carbons (Fsp3) is 0.435. The van der Waals surface area contributed by atoms with Gasteiger partial charge in [-0.05, 0) is 57.2 Å². The Labute approximate surface area is 187 Å². The highest BCUT2D eigenvalue weighted by molar-refractivity contribution is 6.30. The number of likely N-dealkylation sites (tertiary alicyclic amines) is 1. The highest BCUT2D eigenvalue weighted by Crippen LogP contribution is 2.23. The molecule has 2 aliphatic heterocycles. The molecule has 0 aliphatic carbocycles. The van der Waals surface area contributed by atoms with Crippen molar-refractivity contribution < 1.29 is 4.79 Å². The van der Waals surface area contributed by atoms with Crippen molar-refractivity contribution in [2.24, 2.45) is 0 Å². The predicted octanol–water partition coefficient (Wildman–Crippen LogP) is 2.90. The van der Waals surface area contributed by atoms with E-state index in [9.17, 15) is 4.79 Å². The molecule has 0 radical (unpaired) electrons. The Bertz CT molecular complexity index is 1080. The molecule has 1 amide bonds. The van der Waals surface area contributed by atoms with Gasteiger partial charge in [-0.2, -0.15) is 0 Å². The zero-order chi connectivity index (χ0) is 21.4. The van der Waals surface area contributed by atoms with Gasteiger partial charge in [-0.1, -0.05) is 23.7 Å². The van der Waals surface area contributed by atoms with Gasteiger partial charge in [0.1, 0.15) is 0 Å². The van der Waals surface area contributed by atoms with E-state index in [0.29, 0.717) is 28.1 Å². The summed E-state index contributed by atoms with van der Waals surface area (Å²) in [5.41, 5.74) is 2.21. The molecule has 5 rings (SSSR count). The molecular formula is C23H27ClN6O. The molecule has 31 heavy (non-hydrogen) atoms. The molecule has 162 valence electrons. The molecule has 2 saturated heterocycles. The van der Waals surface area contributed by atoms with Gasteiger partial charge in [0, 0.05) is 54.6 Å². The summed E-state index contributed by atoms with van der Waals surface area (Å²) in [6.45, 7) is 5.78. The second-order valence-corrected chi connectivity index (χ2v) is 8.98. The summed E-state index contributed by atoms with van der Waals surface area (Å²) in [5.74, 6) is 0.779. The summed E-state index contributed by atoms with van der Waals surface area (Å²) in [6, 6.07) is 11.9. The SMILES string of the molecule is CN1CCC(N2CCN(C(=O)c3ccn4c(-c5cccc(Cl)c5)nnc4c3)CC2)CC1. The molecule has 3 aromatic rings. The second kappa shape index (κ2) is 8.57. The van der Waals surface area contributed by atoms with Crippen LogP contribution in [0.5, 0.6) is 0 Å². The van der Waals surface area contributed by atoms with Gasteiger partial charge in [0.2, 0.25) is 0 Å². The van der Waals surface area contributed by atoms with Gasteiger partial charge in [0.05, 0.1) is 0 Å². The summed E-state index contributed by atoms with van der Waals surface area (Å²) in [4.78, 5) is 20.0. The Hall–Kier alpha value is -2.48. The van der Waals surface area contributed by atoms with E-state index in [-0.39, 0.29) is 5.91 Å². The van der Waals surface area contributed by atoms with E-state index in [1.165, 1.54) is 25.9 Å². The average Bonchev–Trinajstić information content (AvgIpc) is 3.23. The zero-order valence-corrected chi connectivity index (χ0v) is 18.5. The lowest BCUT2D eigenvalue weighted by atomic mass is 10.0. The van der Waals surface area contributed by atoms with Gasteiger partial charge in [-0.25, -0.2) is 0 Å². The van der Waals surface area contributed by atoms with Gasteiger partial charge in [-0.3, -0.25) is 14.1 Å². The van der Waals surface area contributed by atoms with Crippen molar-refractivity contribution >= 4 is 23.2 Å². The van der Waals surface area contributed by atoms with E-state index in [1.54, 1.807) is 0 Å². The number of amides is 1. The highest BCUT2D eigenvalue weighted by Gasteiger charge is 2.28. The van der Waals surface area contributed by atoms with Gasteiger partial charge in [0.25, 0.3) is 5.91 Å². The number of benzene rings is 1. The number of rotatable bonds is 3. The maximum absolute atomic E-state index is 13.1. The Balaban J connectivity index is 1.27. The van der Waals surface area contributed by atoms with E-state index in [2.05, 4.69) is 27.0 Å². The molecule has 0 N–H and O–H groups in total. The standard InChI is InChI=1S/C23H27ClN6O/c1-27-8-6-20(7-9-27)28-11-13-29(14-12-28)23(31)18-5-10-30-21(16-18)25-26-22(30)17-3-2-4-19(24)15-17/h2-5,10,15-16,20H,6-9,11-14H2,1H3. The number of aromatic nitrogens is 3. The van der Waals surface area contributed by atoms with Crippen LogP contribution in [0.2, 0.25) is 5.02 Å². The first kappa shape index (κ1) is 20.4. The number of hydrogen-bond donors (Lipinski definition) is 0. The minimum atomic E-state index is 0.0674. The maximum atomic E-state index is 13.1. The molecule has 0 saturated carbocycles. The minimum absolute atomic E-state index is 0.0674. The average molecular weight is 439 g/mol. The van der Waals surface area contributed by atoms with Gasteiger partial charge in [-0.15, -0.1) is 10.2 Å². The summed E-state index contributed by atoms with van der Waals surface area (Å²) >= 11 is 6.12. The van der Waals surface area contributed by atoms with Crippen molar-refractivity contribution in [3.63, 3.8) is 0 Å². The molecule has 2 fully saturated rings. The number of nitrogens with zero attached hydrogens (tertiary/aromatic N) is 6. The van der Waals surface area contributed by atoms with Gasteiger partial charge >= 0.3 is 0 Å². The van der Waals surface area contributed by atoms with Crippen LogP contribution < -0.4 is 0 Å². The van der Waals surface area contributed by atoms with E-state index >= 15 is 0 Å². The van der Waals surface area contributed by atoms with Crippen LogP contribution in [0, 0.1) is 0 Å². The minimum Gasteiger partial charge on any atom is -0.336 e. The fourth-order valence-electron chi connectivity index (χ4n) is 4.68. The Morgan fingerprint density at radius 1 is 1.00 bits per heavy atom. The smallest absolute Gasteiger partial charge is 0.254 e. The molecule has 2 aromatic heterocycles. The van der Waals surface area contributed by atoms with Crippen LogP contribution in [0.4, 0.5) is 0 Å². The van der Waals surface area contributed by atoms with E-state index in [4.69, 9.17) is 11.6 Å². The summed E-state index contributed by atoms with van der Waals surface area (Å²) < 4.78 is 1.89. The molecule has 4 heterocycles. The van der Waals surface area contributed by atoms with Gasteiger partial charge in [0.15, 0.2) is 11.5 Å². The lowest BCUT2D eigenvalue weighted by Gasteiger charge is -2.42. The number of fused-ring (bicyclic) bond motifs is 1. The molecule has 0 unspecified atom stereocenters. The number of hydrogen-bond acceptors (Lipinski definition) is 5. The Morgan fingerprint density at radius 2 is 1.77 bits per heavy atom. The summed E-state index contributed by atoms with van der Waals surface area (Å²) in [5, 5.41) is 9.24. The number of carbonyl (C=O) groups is 1. The molecule has 7 nitrogen and oxygen atoms in total. The molecule has 0 bridgehead atoms. The highest BCUT2D eigenvalue weighted by atomic mass is 35.5. The molecule has 1 aromatic carbocycles. The van der Waals surface area contributed by atoms with Crippen molar-refractivity contribution in [3.8, 4) is 11.4 Å². The number of halogens is 1. The van der Waals surface area contributed by atoms with Crippen LogP contribution in [-0.4, -0.2) is 87.6 Å². The zero-order valence-electron chi connectivity index (χ0n) is 17.7. The predicted molar refractivity (Wildman–Crippen MR) is 121 cm³/mol. The van der Waals surface area contributed by atoms with E-state index in [0.717, 1.165) is 31.7 Å². The molecule has 0 spiro atoms. The topological polar surface area (TPSA) is 57.0 Å². The maximum Gasteiger partial charge on any atom is 0.254 e. The largest absolute Gasteiger partial charge is 0.336 e. The first-order valence-electron chi connectivity index (χ1n) is 10.9.